The van der Waals surface area contributed by atoms with E-state index in [0.29, 0.717) is 0 Å². The van der Waals surface area contributed by atoms with Gasteiger partial charge >= 0.3 is 0 Å². The van der Waals surface area contributed by atoms with E-state index in [1.54, 1.807) is 6.20 Å². The number of nitrogens with zero attached hydrogens (tertiary/aromatic N) is 4. The summed E-state index contributed by atoms with van der Waals surface area (Å²) in [5.41, 5.74) is 8.39. The number of hydrogen-bond acceptors (Lipinski definition) is 4. The number of aromatic nitrogens is 3. The van der Waals surface area contributed by atoms with Crippen molar-refractivity contribution in [3.05, 3.63) is 65.1 Å². The van der Waals surface area contributed by atoms with Gasteiger partial charge in [0, 0.05) is 49.2 Å². The van der Waals surface area contributed by atoms with Gasteiger partial charge in [-0.15, -0.1) is 0 Å². The quantitative estimate of drug-likeness (QED) is 0.808. The molecular formula is C19H17N5. The maximum absolute atomic E-state index is 4.84. The van der Waals surface area contributed by atoms with Crippen molar-refractivity contribution in [2.45, 2.75) is 26.1 Å². The first-order valence-electron chi connectivity index (χ1n) is 8.22. The molecule has 5 nitrogen and oxygen atoms in total. The molecule has 5 heteroatoms. The lowest BCUT2D eigenvalue weighted by Crippen LogP contribution is -2.09. The fraction of sp³-hybridized carbons (Fsp3) is 0.211. The molecule has 3 aromatic rings. The Morgan fingerprint density at radius 2 is 2.17 bits per heavy atom. The van der Waals surface area contributed by atoms with Gasteiger partial charge in [0.05, 0.1) is 23.6 Å². The van der Waals surface area contributed by atoms with Crippen molar-refractivity contribution in [3.63, 3.8) is 0 Å². The van der Waals surface area contributed by atoms with Crippen molar-refractivity contribution in [2.75, 3.05) is 0 Å². The van der Waals surface area contributed by atoms with E-state index < -0.39 is 0 Å². The first kappa shape index (κ1) is 13.6. The molecule has 24 heavy (non-hydrogen) atoms. The summed E-state index contributed by atoms with van der Waals surface area (Å²) in [4.78, 5) is 8.72. The van der Waals surface area contributed by atoms with Crippen molar-refractivity contribution in [3.8, 4) is 11.3 Å². The predicted molar refractivity (Wildman–Crippen MR) is 93.4 cm³/mol. The molecule has 0 bridgehead atoms. The van der Waals surface area contributed by atoms with Crippen LogP contribution in [0.5, 0.6) is 0 Å². The third kappa shape index (κ3) is 2.17. The van der Waals surface area contributed by atoms with Crippen molar-refractivity contribution in [2.24, 2.45) is 4.99 Å². The summed E-state index contributed by atoms with van der Waals surface area (Å²) in [5, 5.41) is 8.25. The summed E-state index contributed by atoms with van der Waals surface area (Å²) < 4.78 is 2.11. The lowest BCUT2D eigenvalue weighted by molar-refractivity contribution is 0.650. The minimum atomic E-state index is 0.733. The van der Waals surface area contributed by atoms with E-state index in [2.05, 4.69) is 44.2 Å². The van der Waals surface area contributed by atoms with Gasteiger partial charge in [0.2, 0.25) is 0 Å². The lowest BCUT2D eigenvalue weighted by atomic mass is 10.0. The fourth-order valence-corrected chi connectivity index (χ4v) is 3.53. The van der Waals surface area contributed by atoms with Gasteiger partial charge in [-0.1, -0.05) is 18.2 Å². The summed E-state index contributed by atoms with van der Waals surface area (Å²) in [5.74, 6) is 0. The van der Waals surface area contributed by atoms with Crippen molar-refractivity contribution in [1.29, 1.82) is 0 Å². The predicted octanol–water partition coefficient (Wildman–Crippen LogP) is 2.86. The van der Waals surface area contributed by atoms with Crippen LogP contribution in [0.4, 0.5) is 5.69 Å². The number of rotatable bonds is 3. The van der Waals surface area contributed by atoms with Crippen LogP contribution in [0.25, 0.3) is 11.3 Å². The Labute approximate surface area is 140 Å². The number of aliphatic imine (C=N–C) groups is 1. The third-order valence-corrected chi connectivity index (χ3v) is 4.68. The second kappa shape index (κ2) is 5.39. The van der Waals surface area contributed by atoms with E-state index in [4.69, 9.17) is 5.10 Å². The first-order valence-corrected chi connectivity index (χ1v) is 8.22. The zero-order valence-corrected chi connectivity index (χ0v) is 13.2. The molecule has 0 fully saturated rings. The standard InChI is InChI=1S/C19H17N5/c1-2-13(9-20-6-1)12-24-19(16-10-21-11-18(16)23-24)15-4-3-14-5-7-22-17(14)8-15/h1-4,6-9,21H,5,10-12H2. The molecule has 0 aliphatic carbocycles. The molecule has 0 radical (unpaired) electrons. The van der Waals surface area contributed by atoms with E-state index in [9.17, 15) is 0 Å². The van der Waals surface area contributed by atoms with Gasteiger partial charge in [0.25, 0.3) is 0 Å². The van der Waals surface area contributed by atoms with Gasteiger partial charge < -0.3 is 5.32 Å². The highest BCUT2D eigenvalue weighted by atomic mass is 15.3. The number of hydrogen-bond donors (Lipinski definition) is 1. The van der Waals surface area contributed by atoms with Gasteiger partial charge in [-0.25, -0.2) is 0 Å². The molecule has 5 rings (SSSR count). The van der Waals surface area contributed by atoms with Crippen molar-refractivity contribution < 1.29 is 0 Å². The number of nitrogens with one attached hydrogen (secondary N) is 1. The number of benzene rings is 1. The Morgan fingerprint density at radius 3 is 3.08 bits per heavy atom. The Balaban J connectivity index is 1.63. The van der Waals surface area contributed by atoms with Gasteiger partial charge in [-0.05, 0) is 23.3 Å². The molecule has 0 saturated carbocycles. The second-order valence-corrected chi connectivity index (χ2v) is 6.26. The first-order chi connectivity index (χ1) is 11.9. The summed E-state index contributed by atoms with van der Waals surface area (Å²) in [6.07, 6.45) is 6.62. The fourth-order valence-electron chi connectivity index (χ4n) is 3.53. The maximum atomic E-state index is 4.84. The molecule has 0 unspecified atom stereocenters. The zero-order valence-electron chi connectivity index (χ0n) is 13.2. The van der Waals surface area contributed by atoms with Crippen LogP contribution in [0, 0.1) is 0 Å². The number of fused-ring (bicyclic) bond motifs is 2. The monoisotopic (exact) mass is 315 g/mol. The maximum Gasteiger partial charge on any atom is 0.0814 e. The topological polar surface area (TPSA) is 55.1 Å². The molecule has 118 valence electrons. The van der Waals surface area contributed by atoms with E-state index in [1.165, 1.54) is 22.4 Å². The smallest absolute Gasteiger partial charge is 0.0814 e. The average molecular weight is 315 g/mol. The van der Waals surface area contributed by atoms with Gasteiger partial charge in [-0.3, -0.25) is 14.7 Å². The molecule has 0 amide bonds. The van der Waals surface area contributed by atoms with Gasteiger partial charge in [0.1, 0.15) is 0 Å². The number of pyridine rings is 1. The van der Waals surface area contributed by atoms with Crippen LogP contribution in [0.2, 0.25) is 0 Å². The molecule has 1 N–H and O–H groups in total. The van der Waals surface area contributed by atoms with E-state index in [-0.39, 0.29) is 0 Å². The Morgan fingerprint density at radius 1 is 1.17 bits per heavy atom. The summed E-state index contributed by atoms with van der Waals surface area (Å²) in [6.45, 7) is 2.44. The SMILES string of the molecule is C1=Nc2cc(-c3c4c(nn3Cc3cccnc3)CNC4)ccc2C1. The van der Waals surface area contributed by atoms with Crippen LogP contribution in [-0.4, -0.2) is 21.0 Å². The van der Waals surface area contributed by atoms with Crippen LogP contribution in [-0.2, 0) is 26.1 Å². The zero-order chi connectivity index (χ0) is 15.9. The average Bonchev–Trinajstić information content (AvgIpc) is 3.30. The third-order valence-electron chi connectivity index (χ3n) is 4.68. The lowest BCUT2D eigenvalue weighted by Gasteiger charge is -2.11. The Kier molecular flexibility index (Phi) is 3.06. The van der Waals surface area contributed by atoms with Gasteiger partial charge in [-0.2, -0.15) is 5.10 Å². The van der Waals surface area contributed by atoms with Crippen molar-refractivity contribution >= 4 is 11.9 Å². The molecule has 0 atom stereocenters. The molecule has 0 spiro atoms. The highest BCUT2D eigenvalue weighted by Crippen LogP contribution is 2.34. The van der Waals surface area contributed by atoms with Crippen LogP contribution in [0.1, 0.15) is 22.4 Å². The van der Waals surface area contributed by atoms with Gasteiger partial charge in [0.15, 0.2) is 0 Å². The Hall–Kier alpha value is -2.79. The molecule has 4 heterocycles. The second-order valence-electron chi connectivity index (χ2n) is 6.26. The molecule has 2 aliphatic rings. The highest BCUT2D eigenvalue weighted by molar-refractivity contribution is 5.79. The molecule has 1 aromatic carbocycles. The molecular weight excluding hydrogens is 298 g/mol. The molecule has 0 saturated heterocycles. The van der Waals surface area contributed by atoms with E-state index >= 15 is 0 Å². The summed E-state index contributed by atoms with van der Waals surface area (Å²) in [7, 11) is 0. The highest BCUT2D eigenvalue weighted by Gasteiger charge is 2.23. The van der Waals surface area contributed by atoms with Crippen LogP contribution in [0.15, 0.2) is 47.7 Å². The van der Waals surface area contributed by atoms with Crippen LogP contribution < -0.4 is 5.32 Å². The van der Waals surface area contributed by atoms with Crippen LogP contribution in [0.3, 0.4) is 0 Å². The summed E-state index contributed by atoms with van der Waals surface area (Å²) in [6, 6.07) is 10.6. The molecule has 2 aromatic heterocycles. The van der Waals surface area contributed by atoms with E-state index in [0.717, 1.165) is 43.0 Å². The summed E-state index contributed by atoms with van der Waals surface area (Å²) >= 11 is 0. The Bertz CT molecular complexity index is 940. The molecule has 2 aliphatic heterocycles. The normalized spacial score (nSPS) is 14.8. The van der Waals surface area contributed by atoms with E-state index in [1.807, 2.05) is 18.5 Å². The minimum absolute atomic E-state index is 0.733. The van der Waals surface area contributed by atoms with Crippen LogP contribution >= 0.6 is 0 Å². The minimum Gasteiger partial charge on any atom is -0.307 e. The largest absolute Gasteiger partial charge is 0.307 e. The van der Waals surface area contributed by atoms with Crippen molar-refractivity contribution in [1.82, 2.24) is 20.1 Å².